The molecule has 1 aromatic carbocycles. The number of ether oxygens (including phenoxy) is 1. The van der Waals surface area contributed by atoms with Gasteiger partial charge in [0.15, 0.2) is 11.6 Å². The predicted molar refractivity (Wildman–Crippen MR) is 49.1 cm³/mol. The fraction of sp³-hybridized carbons (Fsp3) is 0.333. The van der Waals surface area contributed by atoms with E-state index < -0.39 is 24.0 Å². The van der Waals surface area contributed by atoms with Gasteiger partial charge >= 0.3 is 6.36 Å². The zero-order chi connectivity index (χ0) is 12.3. The first-order valence-corrected chi connectivity index (χ1v) is 4.34. The highest BCUT2D eigenvalue weighted by Gasteiger charge is 2.32. The van der Waals surface area contributed by atoms with E-state index in [4.69, 9.17) is 11.5 Å². The Hall–Kier alpha value is -1.34. The summed E-state index contributed by atoms with van der Waals surface area (Å²) in [6.45, 7) is 0.0388. The molecule has 1 atom stereocenters. The summed E-state index contributed by atoms with van der Waals surface area (Å²) in [5.74, 6) is -2.01. The minimum Gasteiger partial charge on any atom is -0.403 e. The van der Waals surface area contributed by atoms with Crippen LogP contribution in [0.15, 0.2) is 18.2 Å². The Morgan fingerprint density at radius 1 is 1.31 bits per heavy atom. The molecular weight excluding hydrogens is 228 g/mol. The topological polar surface area (TPSA) is 61.3 Å². The summed E-state index contributed by atoms with van der Waals surface area (Å²) in [7, 11) is 0. The Bertz CT molecular complexity index is 367. The van der Waals surface area contributed by atoms with Gasteiger partial charge in [0, 0.05) is 12.6 Å². The third-order valence-electron chi connectivity index (χ3n) is 1.86. The van der Waals surface area contributed by atoms with Gasteiger partial charge in [-0.3, -0.25) is 0 Å². The fourth-order valence-corrected chi connectivity index (χ4v) is 1.09. The minimum atomic E-state index is -4.94. The maximum Gasteiger partial charge on any atom is 0.573 e. The molecule has 0 aliphatic rings. The third kappa shape index (κ3) is 3.35. The lowest BCUT2D eigenvalue weighted by molar-refractivity contribution is -0.275. The lowest BCUT2D eigenvalue weighted by Crippen LogP contribution is -2.22. The quantitative estimate of drug-likeness (QED) is 0.787. The lowest BCUT2D eigenvalue weighted by Gasteiger charge is -2.13. The van der Waals surface area contributed by atoms with Gasteiger partial charge in [-0.15, -0.1) is 13.2 Å². The summed E-state index contributed by atoms with van der Waals surface area (Å²) in [5.41, 5.74) is 11.0. The lowest BCUT2D eigenvalue weighted by atomic mass is 10.1. The second-order valence-electron chi connectivity index (χ2n) is 3.08. The van der Waals surface area contributed by atoms with Crippen molar-refractivity contribution in [2.75, 3.05) is 6.54 Å². The number of hydrogen-bond donors (Lipinski definition) is 2. The number of alkyl halides is 3. The summed E-state index contributed by atoms with van der Waals surface area (Å²) < 4.78 is 52.1. The molecule has 0 spiro atoms. The number of hydrogen-bond acceptors (Lipinski definition) is 3. The van der Waals surface area contributed by atoms with E-state index >= 15 is 0 Å². The van der Waals surface area contributed by atoms with E-state index in [1.54, 1.807) is 0 Å². The van der Waals surface area contributed by atoms with Crippen molar-refractivity contribution in [1.82, 2.24) is 0 Å². The second-order valence-corrected chi connectivity index (χ2v) is 3.08. The monoisotopic (exact) mass is 238 g/mol. The van der Waals surface area contributed by atoms with Crippen LogP contribution in [0.4, 0.5) is 17.6 Å². The Balaban J connectivity index is 2.99. The minimum absolute atomic E-state index is 0.0388. The van der Waals surface area contributed by atoms with Crippen molar-refractivity contribution in [2.24, 2.45) is 11.5 Å². The summed E-state index contributed by atoms with van der Waals surface area (Å²) in [6, 6.07) is 2.35. The first-order valence-electron chi connectivity index (χ1n) is 4.34. The summed E-state index contributed by atoms with van der Waals surface area (Å²) in [5, 5.41) is 0. The largest absolute Gasteiger partial charge is 0.573 e. The normalized spacial score (nSPS) is 13.6. The van der Waals surface area contributed by atoms with Gasteiger partial charge in [-0.1, -0.05) is 6.07 Å². The molecule has 0 aromatic heterocycles. The van der Waals surface area contributed by atoms with Crippen LogP contribution in [0, 0.1) is 5.82 Å². The average Bonchev–Trinajstić information content (AvgIpc) is 2.18. The molecule has 0 radical (unpaired) electrons. The average molecular weight is 238 g/mol. The predicted octanol–water partition coefficient (Wildman–Crippen LogP) is 1.68. The van der Waals surface area contributed by atoms with E-state index in [2.05, 4.69) is 4.74 Å². The van der Waals surface area contributed by atoms with Crippen molar-refractivity contribution in [3.63, 3.8) is 0 Å². The van der Waals surface area contributed by atoms with Crippen LogP contribution >= 0.6 is 0 Å². The first kappa shape index (κ1) is 12.7. The van der Waals surface area contributed by atoms with Crippen LogP contribution in [0.1, 0.15) is 11.6 Å². The van der Waals surface area contributed by atoms with E-state index in [-0.39, 0.29) is 12.1 Å². The van der Waals surface area contributed by atoms with Gasteiger partial charge in [0.05, 0.1) is 0 Å². The van der Waals surface area contributed by atoms with Crippen molar-refractivity contribution in [2.45, 2.75) is 12.4 Å². The van der Waals surface area contributed by atoms with Gasteiger partial charge in [0.1, 0.15) is 0 Å². The van der Waals surface area contributed by atoms with E-state index in [1.807, 2.05) is 0 Å². The highest BCUT2D eigenvalue weighted by atomic mass is 19.4. The van der Waals surface area contributed by atoms with Crippen LogP contribution in [-0.4, -0.2) is 12.9 Å². The van der Waals surface area contributed by atoms with Crippen molar-refractivity contribution in [3.05, 3.63) is 29.6 Å². The molecule has 1 rings (SSSR count). The van der Waals surface area contributed by atoms with E-state index in [0.717, 1.165) is 12.1 Å². The van der Waals surface area contributed by atoms with Crippen molar-refractivity contribution in [3.8, 4) is 5.75 Å². The molecule has 0 amide bonds. The van der Waals surface area contributed by atoms with Gasteiger partial charge in [0.25, 0.3) is 0 Å². The van der Waals surface area contributed by atoms with Gasteiger partial charge in [-0.25, -0.2) is 4.39 Å². The van der Waals surface area contributed by atoms with Crippen LogP contribution in [0.2, 0.25) is 0 Å². The van der Waals surface area contributed by atoms with Crippen LogP contribution in [0.25, 0.3) is 0 Å². The highest BCUT2D eigenvalue weighted by molar-refractivity contribution is 5.32. The molecule has 7 heteroatoms. The van der Waals surface area contributed by atoms with Crippen molar-refractivity contribution >= 4 is 0 Å². The summed E-state index contributed by atoms with van der Waals surface area (Å²) >= 11 is 0. The number of halogens is 4. The second kappa shape index (κ2) is 4.67. The SMILES string of the molecule is NCC(N)c1ccc(F)c(OC(F)(F)F)c1. The number of benzene rings is 1. The molecule has 0 aliphatic heterocycles. The third-order valence-corrected chi connectivity index (χ3v) is 1.86. The Morgan fingerprint density at radius 3 is 2.44 bits per heavy atom. The Kier molecular flexibility index (Phi) is 3.71. The molecule has 16 heavy (non-hydrogen) atoms. The molecule has 0 bridgehead atoms. The molecular formula is C9H10F4N2O. The van der Waals surface area contributed by atoms with Crippen molar-refractivity contribution in [1.29, 1.82) is 0 Å². The Morgan fingerprint density at radius 2 is 1.94 bits per heavy atom. The molecule has 90 valence electrons. The van der Waals surface area contributed by atoms with E-state index in [9.17, 15) is 17.6 Å². The van der Waals surface area contributed by atoms with Crippen LogP contribution in [0.5, 0.6) is 5.75 Å². The summed E-state index contributed by atoms with van der Waals surface area (Å²) in [4.78, 5) is 0. The molecule has 1 unspecified atom stereocenters. The maximum absolute atomic E-state index is 13.0. The van der Waals surface area contributed by atoms with E-state index in [1.165, 1.54) is 6.07 Å². The van der Waals surface area contributed by atoms with Crippen molar-refractivity contribution < 1.29 is 22.3 Å². The maximum atomic E-state index is 13.0. The van der Waals surface area contributed by atoms with E-state index in [0.29, 0.717) is 0 Å². The molecule has 3 nitrogen and oxygen atoms in total. The van der Waals surface area contributed by atoms with Crippen LogP contribution in [0.3, 0.4) is 0 Å². The first-order chi connectivity index (χ1) is 7.33. The molecule has 0 saturated carbocycles. The highest BCUT2D eigenvalue weighted by Crippen LogP contribution is 2.27. The molecule has 0 aliphatic carbocycles. The smallest absolute Gasteiger partial charge is 0.403 e. The standard InChI is InChI=1S/C9H10F4N2O/c10-6-2-1-5(7(15)4-14)3-8(6)16-9(11,12)13/h1-3,7H,4,14-15H2. The number of rotatable bonds is 3. The van der Waals surface area contributed by atoms with Gasteiger partial charge in [-0.05, 0) is 17.7 Å². The number of nitrogens with two attached hydrogens (primary N) is 2. The van der Waals surface area contributed by atoms with Gasteiger partial charge < -0.3 is 16.2 Å². The summed E-state index contributed by atoms with van der Waals surface area (Å²) in [6.07, 6.45) is -4.94. The zero-order valence-corrected chi connectivity index (χ0v) is 8.09. The van der Waals surface area contributed by atoms with Crippen LogP contribution < -0.4 is 16.2 Å². The van der Waals surface area contributed by atoms with Crippen LogP contribution in [-0.2, 0) is 0 Å². The molecule has 0 heterocycles. The molecule has 0 fully saturated rings. The zero-order valence-electron chi connectivity index (χ0n) is 8.09. The fourth-order valence-electron chi connectivity index (χ4n) is 1.09. The molecule has 0 saturated heterocycles. The Labute approximate surface area is 89.0 Å². The van der Waals surface area contributed by atoms with Gasteiger partial charge in [0.2, 0.25) is 0 Å². The van der Waals surface area contributed by atoms with Gasteiger partial charge in [-0.2, -0.15) is 0 Å². The molecule has 1 aromatic rings. The molecule has 4 N–H and O–H groups in total.